The van der Waals surface area contributed by atoms with Gasteiger partial charge in [-0.15, -0.1) is 0 Å². The first-order valence-corrected chi connectivity index (χ1v) is 2.19. The standard InChI is InChI=1S/Al.4NO3.Na/c;4*2-1(3)4;/q+3;4*-1;+1. The summed E-state index contributed by atoms with van der Waals surface area (Å²) in [5.41, 5.74) is 0. The summed E-state index contributed by atoms with van der Waals surface area (Å²) in [5.74, 6) is 0. The molecular formula is AlN4NaO12. The van der Waals surface area contributed by atoms with Crippen molar-refractivity contribution < 1.29 is 49.9 Å². The van der Waals surface area contributed by atoms with Crippen LogP contribution in [0.25, 0.3) is 0 Å². The van der Waals surface area contributed by atoms with Crippen molar-refractivity contribution in [3.8, 4) is 0 Å². The maximum atomic E-state index is 8.25. The van der Waals surface area contributed by atoms with Gasteiger partial charge in [-0.25, -0.2) is 0 Å². The Morgan fingerprint density at radius 3 is 0.444 bits per heavy atom. The molecule has 16 nitrogen and oxygen atoms in total. The Hall–Kier alpha value is -1.67. The van der Waals surface area contributed by atoms with Crippen molar-refractivity contribution in [3.05, 3.63) is 61.3 Å². The van der Waals surface area contributed by atoms with Gasteiger partial charge in [0.15, 0.2) is 0 Å². The summed E-state index contributed by atoms with van der Waals surface area (Å²) in [7, 11) is 0. The van der Waals surface area contributed by atoms with Crippen LogP contribution < -0.4 is 29.6 Å². The molecule has 0 atom stereocenters. The van der Waals surface area contributed by atoms with Crippen LogP contribution in [0.15, 0.2) is 0 Å². The van der Waals surface area contributed by atoms with Crippen LogP contribution in [-0.2, 0) is 0 Å². The van der Waals surface area contributed by atoms with Crippen LogP contribution in [0.4, 0.5) is 0 Å². The first kappa shape index (κ1) is 36.0. The summed E-state index contributed by atoms with van der Waals surface area (Å²) in [6.45, 7) is 0. The van der Waals surface area contributed by atoms with Gasteiger partial charge in [0, 0.05) is 0 Å². The van der Waals surface area contributed by atoms with E-state index in [4.69, 9.17) is 61.3 Å². The molecule has 96 valence electrons. The molecule has 0 saturated heterocycles. The Morgan fingerprint density at radius 2 is 0.444 bits per heavy atom. The maximum absolute atomic E-state index is 8.25. The second-order valence-corrected chi connectivity index (χ2v) is 0.894. The molecule has 0 N–H and O–H groups in total. The fraction of sp³-hybridized carbons (Fsp3) is 0. The molecule has 0 aliphatic heterocycles. The predicted molar refractivity (Wildman–Crippen MR) is 47.2 cm³/mol. The molecule has 0 heterocycles. The number of hydrogen-bond acceptors (Lipinski definition) is 12. The van der Waals surface area contributed by atoms with Crippen LogP contribution in [-0.4, -0.2) is 37.7 Å². The second-order valence-electron chi connectivity index (χ2n) is 0.894. The first-order valence-electron chi connectivity index (χ1n) is 2.19. The van der Waals surface area contributed by atoms with Crippen molar-refractivity contribution in [1.82, 2.24) is 0 Å². The molecule has 0 aromatic carbocycles. The zero-order chi connectivity index (χ0) is 14.3. The molecule has 0 aromatic rings. The first-order chi connectivity index (χ1) is 6.93. The van der Waals surface area contributed by atoms with Gasteiger partial charge >= 0.3 is 46.9 Å². The zero-order valence-corrected chi connectivity index (χ0v) is 11.4. The number of rotatable bonds is 0. The smallest absolute Gasteiger partial charge is 0.356 e. The summed E-state index contributed by atoms with van der Waals surface area (Å²) >= 11 is 0. The predicted octanol–water partition coefficient (Wildman–Crippen LogP) is -4.33. The van der Waals surface area contributed by atoms with Crippen LogP contribution in [0.2, 0.25) is 0 Å². The van der Waals surface area contributed by atoms with Crippen molar-refractivity contribution >= 4 is 17.4 Å². The average Bonchev–Trinajstić information content (AvgIpc) is 1.76. The van der Waals surface area contributed by atoms with Crippen molar-refractivity contribution in [2.75, 3.05) is 0 Å². The van der Waals surface area contributed by atoms with Gasteiger partial charge in [-0.1, -0.05) is 0 Å². The van der Waals surface area contributed by atoms with Crippen molar-refractivity contribution in [2.45, 2.75) is 0 Å². The summed E-state index contributed by atoms with van der Waals surface area (Å²) in [6, 6.07) is 0. The van der Waals surface area contributed by atoms with Gasteiger partial charge in [0.25, 0.3) is 0 Å². The van der Waals surface area contributed by atoms with Gasteiger partial charge in [0.1, 0.15) is 0 Å². The molecule has 0 radical (unpaired) electrons. The Labute approximate surface area is 128 Å². The molecule has 0 unspecified atom stereocenters. The molecule has 0 fully saturated rings. The fourth-order valence-corrected chi connectivity index (χ4v) is 0. The summed E-state index contributed by atoms with van der Waals surface area (Å²) in [6.07, 6.45) is 0. The van der Waals surface area contributed by atoms with E-state index < -0.39 is 20.3 Å². The van der Waals surface area contributed by atoms with Crippen molar-refractivity contribution in [2.24, 2.45) is 0 Å². The van der Waals surface area contributed by atoms with Gasteiger partial charge in [-0.2, -0.15) is 0 Å². The third-order valence-electron chi connectivity index (χ3n) is 0. The summed E-state index contributed by atoms with van der Waals surface area (Å²) < 4.78 is 0. The molecule has 18 heteroatoms. The average molecular weight is 298 g/mol. The summed E-state index contributed by atoms with van der Waals surface area (Å²) in [5, 5.41) is 59.0. The molecular weight excluding hydrogens is 298 g/mol. The van der Waals surface area contributed by atoms with E-state index in [1.807, 2.05) is 0 Å². The van der Waals surface area contributed by atoms with E-state index in [9.17, 15) is 0 Å². The number of hydrogen-bond donors (Lipinski definition) is 0. The topological polar surface area (TPSA) is 265 Å². The monoisotopic (exact) mass is 298 g/mol. The third kappa shape index (κ3) is 916. The van der Waals surface area contributed by atoms with E-state index in [2.05, 4.69) is 0 Å². The molecule has 0 aliphatic rings. The van der Waals surface area contributed by atoms with Crippen molar-refractivity contribution in [3.63, 3.8) is 0 Å². The van der Waals surface area contributed by atoms with Crippen LogP contribution in [0.1, 0.15) is 0 Å². The molecule has 0 saturated carbocycles. The molecule has 0 rings (SSSR count). The van der Waals surface area contributed by atoms with Crippen molar-refractivity contribution in [1.29, 1.82) is 0 Å². The quantitative estimate of drug-likeness (QED) is 0.233. The molecule has 0 aliphatic carbocycles. The molecule has 0 bridgehead atoms. The van der Waals surface area contributed by atoms with Crippen LogP contribution in [0, 0.1) is 61.3 Å². The van der Waals surface area contributed by atoms with Crippen LogP contribution in [0.5, 0.6) is 0 Å². The molecule has 0 amide bonds. The van der Waals surface area contributed by atoms with Gasteiger partial charge in [0.05, 0.1) is 20.3 Å². The van der Waals surface area contributed by atoms with Gasteiger partial charge in [-0.3, -0.25) is 0 Å². The Kier molecular flexibility index (Phi) is 58.9. The van der Waals surface area contributed by atoms with E-state index in [1.54, 1.807) is 0 Å². The minimum atomic E-state index is -1.75. The van der Waals surface area contributed by atoms with E-state index in [0.717, 1.165) is 0 Å². The minimum absolute atomic E-state index is 0. The fourth-order valence-electron chi connectivity index (χ4n) is 0. The van der Waals surface area contributed by atoms with E-state index in [1.165, 1.54) is 0 Å². The SMILES string of the molecule is O=[N+]([O-])[O-].O=[N+]([O-])[O-].O=[N+]([O-])[O-].O=[N+]([O-])[O-].[Al+3].[Na+]. The maximum Gasteiger partial charge on any atom is 3.00 e. The van der Waals surface area contributed by atoms with Gasteiger partial charge in [-0.05, 0) is 0 Å². The van der Waals surface area contributed by atoms with E-state index in [-0.39, 0.29) is 46.9 Å². The third-order valence-corrected chi connectivity index (χ3v) is 0. The van der Waals surface area contributed by atoms with E-state index >= 15 is 0 Å². The summed E-state index contributed by atoms with van der Waals surface area (Å²) in [4.78, 5) is 33.0. The van der Waals surface area contributed by atoms with Crippen LogP contribution in [0.3, 0.4) is 0 Å². The Morgan fingerprint density at radius 1 is 0.444 bits per heavy atom. The molecule has 0 aromatic heterocycles. The number of nitrogens with zero attached hydrogens (tertiary/aromatic N) is 4. The molecule has 18 heavy (non-hydrogen) atoms. The molecule has 0 spiro atoms. The largest absolute Gasteiger partial charge is 3.00 e. The normalized spacial score (nSPS) is 5.33. The Balaban J connectivity index is -0.0000000257. The van der Waals surface area contributed by atoms with E-state index in [0.29, 0.717) is 0 Å². The van der Waals surface area contributed by atoms with Gasteiger partial charge in [0.2, 0.25) is 0 Å². The minimum Gasteiger partial charge on any atom is -0.356 e. The second kappa shape index (κ2) is 29.5. The zero-order valence-electron chi connectivity index (χ0n) is 8.27. The van der Waals surface area contributed by atoms with Crippen LogP contribution >= 0.6 is 0 Å². The Bertz CT molecular complexity index is 164. The van der Waals surface area contributed by atoms with Gasteiger partial charge < -0.3 is 61.3 Å².